The predicted octanol–water partition coefficient (Wildman–Crippen LogP) is 1.09. The molecule has 6 atom stereocenters. The Morgan fingerprint density at radius 2 is 1.91 bits per heavy atom. The summed E-state index contributed by atoms with van der Waals surface area (Å²) < 4.78 is 10.5. The van der Waals surface area contributed by atoms with E-state index < -0.39 is 58.4 Å². The van der Waals surface area contributed by atoms with E-state index in [1.165, 1.54) is 13.0 Å². The van der Waals surface area contributed by atoms with Crippen molar-refractivity contribution in [3.05, 3.63) is 35.1 Å². The quantitative estimate of drug-likeness (QED) is 0.178. The fourth-order valence-corrected chi connectivity index (χ4v) is 5.93. The van der Waals surface area contributed by atoms with Crippen molar-refractivity contribution in [1.29, 1.82) is 0 Å². The number of carbonyl (C=O) groups is 4. The van der Waals surface area contributed by atoms with Crippen LogP contribution < -0.4 is 0 Å². The Morgan fingerprint density at radius 1 is 1.25 bits per heavy atom. The van der Waals surface area contributed by atoms with Gasteiger partial charge in [0.15, 0.2) is 0 Å². The molecule has 0 unspecified atom stereocenters. The maximum absolute atomic E-state index is 13.2. The van der Waals surface area contributed by atoms with Gasteiger partial charge < -0.3 is 24.8 Å². The molecule has 0 aromatic carbocycles. The first kappa shape index (κ1) is 23.9. The standard InChI is InChI=1S/C23H28O9/c1-5-6-12-16(26)14-15(19(29)17(12)27)22(3)8-7-13(32-10-24)23(4,9-31-11(2)25)21(22)20(30)18(14)28/h5,10,13,18,20-21,26,28,30H,1,6-9H2,2-4H3/t13-,18+,20-,21-,22-,23-/m1/s1. The van der Waals surface area contributed by atoms with Crippen LogP contribution in [0.4, 0.5) is 0 Å². The van der Waals surface area contributed by atoms with Crippen molar-refractivity contribution in [1.82, 2.24) is 0 Å². The summed E-state index contributed by atoms with van der Waals surface area (Å²) in [5, 5.41) is 33.0. The molecule has 0 bridgehead atoms. The molecule has 32 heavy (non-hydrogen) atoms. The molecule has 0 aliphatic heterocycles. The van der Waals surface area contributed by atoms with Crippen LogP contribution in [0.1, 0.15) is 40.0 Å². The van der Waals surface area contributed by atoms with E-state index in [2.05, 4.69) is 6.58 Å². The highest BCUT2D eigenvalue weighted by molar-refractivity contribution is 6.50. The Labute approximate surface area is 185 Å². The number of aliphatic hydroxyl groups excluding tert-OH is 3. The van der Waals surface area contributed by atoms with Gasteiger partial charge in [-0.05, 0) is 19.3 Å². The fraction of sp³-hybridized carbons (Fsp3) is 0.565. The third kappa shape index (κ3) is 3.31. The minimum Gasteiger partial charge on any atom is -0.507 e. The number of hydrogen-bond acceptors (Lipinski definition) is 9. The lowest BCUT2D eigenvalue weighted by Gasteiger charge is -2.59. The average molecular weight is 448 g/mol. The normalized spacial score (nSPS) is 36.9. The molecular formula is C23H28O9. The van der Waals surface area contributed by atoms with Crippen molar-refractivity contribution in [2.45, 2.75) is 58.3 Å². The van der Waals surface area contributed by atoms with Gasteiger partial charge in [-0.15, -0.1) is 6.58 Å². The topological polar surface area (TPSA) is 147 Å². The first-order valence-electron chi connectivity index (χ1n) is 10.4. The molecule has 0 aromatic rings. The van der Waals surface area contributed by atoms with Crippen LogP contribution >= 0.6 is 0 Å². The summed E-state index contributed by atoms with van der Waals surface area (Å²) in [6.07, 6.45) is -2.23. The Morgan fingerprint density at radius 3 is 2.47 bits per heavy atom. The maximum atomic E-state index is 13.2. The lowest BCUT2D eigenvalue weighted by molar-refractivity contribution is -0.199. The summed E-state index contributed by atoms with van der Waals surface area (Å²) in [6.45, 7) is 8.06. The smallest absolute Gasteiger partial charge is 0.302 e. The van der Waals surface area contributed by atoms with Crippen LogP contribution in [0.3, 0.4) is 0 Å². The molecule has 3 N–H and O–H groups in total. The Bertz CT molecular complexity index is 945. The monoisotopic (exact) mass is 448 g/mol. The van der Waals surface area contributed by atoms with Crippen molar-refractivity contribution in [3.8, 4) is 0 Å². The number of fused-ring (bicyclic) bond motifs is 2. The molecule has 0 spiro atoms. The Hall–Kier alpha value is -2.78. The third-order valence-electron chi connectivity index (χ3n) is 7.26. The molecule has 174 valence electrons. The van der Waals surface area contributed by atoms with Crippen molar-refractivity contribution in [3.63, 3.8) is 0 Å². The van der Waals surface area contributed by atoms with Gasteiger partial charge in [-0.1, -0.05) is 19.9 Å². The van der Waals surface area contributed by atoms with Crippen LogP contribution in [-0.2, 0) is 28.7 Å². The van der Waals surface area contributed by atoms with Gasteiger partial charge in [0.1, 0.15) is 24.6 Å². The van der Waals surface area contributed by atoms with Gasteiger partial charge in [-0.25, -0.2) is 0 Å². The number of carbonyl (C=O) groups excluding carboxylic acids is 4. The number of Topliss-reactive ketones (excluding diaryl/α,β-unsaturated/α-hetero) is 2. The van der Waals surface area contributed by atoms with Crippen molar-refractivity contribution < 1.29 is 44.0 Å². The van der Waals surface area contributed by atoms with Crippen LogP contribution in [0.5, 0.6) is 0 Å². The number of allylic oxidation sites excluding steroid dienone is 3. The van der Waals surface area contributed by atoms with Gasteiger partial charge in [0.2, 0.25) is 11.6 Å². The highest BCUT2D eigenvalue weighted by atomic mass is 16.5. The van der Waals surface area contributed by atoms with Crippen molar-refractivity contribution in [2.75, 3.05) is 6.61 Å². The van der Waals surface area contributed by atoms with Crippen LogP contribution in [0.2, 0.25) is 0 Å². The second-order valence-corrected chi connectivity index (χ2v) is 9.14. The molecule has 0 saturated heterocycles. The number of aliphatic hydroxyl groups is 3. The third-order valence-corrected chi connectivity index (χ3v) is 7.26. The molecule has 3 rings (SSSR count). The summed E-state index contributed by atoms with van der Waals surface area (Å²) in [4.78, 5) is 48.7. The molecule has 9 heteroatoms. The summed E-state index contributed by atoms with van der Waals surface area (Å²) in [5.74, 6) is -3.81. The highest BCUT2D eigenvalue weighted by Gasteiger charge is 2.65. The predicted molar refractivity (Wildman–Crippen MR) is 110 cm³/mol. The second-order valence-electron chi connectivity index (χ2n) is 9.14. The van der Waals surface area contributed by atoms with E-state index in [0.717, 1.165) is 0 Å². The summed E-state index contributed by atoms with van der Waals surface area (Å²) in [5.41, 5.74) is -2.77. The summed E-state index contributed by atoms with van der Waals surface area (Å²) in [6, 6.07) is 0. The first-order chi connectivity index (χ1) is 15.0. The molecule has 9 nitrogen and oxygen atoms in total. The van der Waals surface area contributed by atoms with E-state index in [4.69, 9.17) is 9.47 Å². The van der Waals surface area contributed by atoms with Crippen molar-refractivity contribution in [2.24, 2.45) is 16.7 Å². The zero-order valence-electron chi connectivity index (χ0n) is 18.3. The van der Waals surface area contributed by atoms with Gasteiger partial charge in [-0.2, -0.15) is 0 Å². The zero-order valence-corrected chi connectivity index (χ0v) is 18.3. The molecular weight excluding hydrogens is 420 g/mol. The fourth-order valence-electron chi connectivity index (χ4n) is 5.93. The van der Waals surface area contributed by atoms with Gasteiger partial charge in [0, 0.05) is 40.4 Å². The van der Waals surface area contributed by atoms with E-state index >= 15 is 0 Å². The van der Waals surface area contributed by atoms with Crippen LogP contribution in [0.25, 0.3) is 0 Å². The molecule has 0 radical (unpaired) electrons. The van der Waals surface area contributed by atoms with E-state index in [0.29, 0.717) is 0 Å². The minimum atomic E-state index is -1.69. The lowest BCUT2D eigenvalue weighted by atomic mass is 9.46. The van der Waals surface area contributed by atoms with E-state index in [9.17, 15) is 34.5 Å². The van der Waals surface area contributed by atoms with Crippen LogP contribution in [0.15, 0.2) is 35.1 Å². The Balaban J connectivity index is 2.25. The number of esters is 1. The van der Waals surface area contributed by atoms with E-state index in [1.807, 2.05) is 0 Å². The number of ether oxygens (including phenoxy) is 2. The van der Waals surface area contributed by atoms with Gasteiger partial charge in [0.05, 0.1) is 6.10 Å². The van der Waals surface area contributed by atoms with E-state index in [1.54, 1.807) is 13.8 Å². The summed E-state index contributed by atoms with van der Waals surface area (Å²) in [7, 11) is 0. The Kier molecular flexibility index (Phi) is 6.19. The largest absolute Gasteiger partial charge is 0.507 e. The lowest BCUT2D eigenvalue weighted by Crippen LogP contribution is -2.65. The van der Waals surface area contributed by atoms with Crippen LogP contribution in [0, 0.1) is 16.7 Å². The molecule has 0 aromatic heterocycles. The zero-order chi connectivity index (χ0) is 24.0. The van der Waals surface area contributed by atoms with Gasteiger partial charge >= 0.3 is 5.97 Å². The summed E-state index contributed by atoms with van der Waals surface area (Å²) >= 11 is 0. The molecule has 3 aliphatic rings. The van der Waals surface area contributed by atoms with Gasteiger partial charge in [-0.3, -0.25) is 19.2 Å². The first-order valence-corrected chi connectivity index (χ1v) is 10.4. The molecule has 3 aliphatic carbocycles. The highest BCUT2D eigenvalue weighted by Crippen LogP contribution is 2.61. The van der Waals surface area contributed by atoms with Crippen molar-refractivity contribution >= 4 is 24.0 Å². The second kappa shape index (κ2) is 8.29. The average Bonchev–Trinajstić information content (AvgIpc) is 2.73. The SMILES string of the molecule is C=CCC1=C(O)C2=C(C(=O)C1=O)[C@@]1(C)CC[C@@H](OC=O)[C@@](C)(COC(C)=O)[C@@H]1[C@H](O)[C@H]2O. The number of rotatable bonds is 6. The maximum Gasteiger partial charge on any atom is 0.302 e. The van der Waals surface area contributed by atoms with Gasteiger partial charge in [0.25, 0.3) is 6.47 Å². The minimum absolute atomic E-state index is 0.0609. The number of hydrogen-bond donors (Lipinski definition) is 3. The number of ketones is 2. The van der Waals surface area contributed by atoms with Crippen LogP contribution in [-0.4, -0.2) is 64.2 Å². The van der Waals surface area contributed by atoms with E-state index in [-0.39, 0.29) is 49.1 Å². The molecule has 0 amide bonds. The molecule has 1 fully saturated rings. The molecule has 0 heterocycles. The molecule has 1 saturated carbocycles.